The van der Waals surface area contributed by atoms with Gasteiger partial charge in [-0.05, 0) is 13.1 Å². The van der Waals surface area contributed by atoms with Crippen LogP contribution in [0.3, 0.4) is 0 Å². The minimum absolute atomic E-state index is 0.0812. The van der Waals surface area contributed by atoms with E-state index in [-0.39, 0.29) is 3.51 Å². The molecule has 5 nitrogen and oxygen atoms in total. The Hall–Kier alpha value is -0.482. The molecular formula is C10H19N2O3Sb. The number of rotatable bonds is 3. The first-order valence-electron chi connectivity index (χ1n) is 5.04. The molecule has 1 aromatic rings. The van der Waals surface area contributed by atoms with Crippen LogP contribution in [0.1, 0.15) is 13.8 Å². The summed E-state index contributed by atoms with van der Waals surface area (Å²) in [6.45, 7) is 6.39. The normalized spacial score (nSPS) is 10.5. The molecule has 1 aromatic carbocycles. The van der Waals surface area contributed by atoms with E-state index in [0.29, 0.717) is 5.69 Å². The molecule has 1 rings (SSSR count). The van der Waals surface area contributed by atoms with E-state index < -0.39 is 19.6 Å². The van der Waals surface area contributed by atoms with Gasteiger partial charge in [0.2, 0.25) is 0 Å². The van der Waals surface area contributed by atoms with Crippen molar-refractivity contribution in [2.24, 2.45) is 0 Å². The van der Waals surface area contributed by atoms with Gasteiger partial charge in [-0.1, -0.05) is 13.8 Å². The number of nitrogens with one attached hydrogen (secondary N) is 1. The number of nitrogen functional groups attached to an aromatic ring is 1. The molecule has 0 aromatic heterocycles. The first-order chi connectivity index (χ1) is 7.41. The first kappa shape index (κ1) is 15.5. The summed E-state index contributed by atoms with van der Waals surface area (Å²) in [5.41, 5.74) is 5.83. The molecule has 0 fully saturated rings. The average molecular weight is 337 g/mol. The average Bonchev–Trinajstić information content (AvgIpc) is 2.19. The second-order valence-electron chi connectivity index (χ2n) is 3.09. The molecule has 0 atom stereocenters. The van der Waals surface area contributed by atoms with Crippen LogP contribution in [0, 0.1) is 0 Å². The fourth-order valence-corrected chi connectivity index (χ4v) is 2.45. The maximum absolute atomic E-state index is 10.7. The molecule has 0 unspecified atom stereocenters. The third kappa shape index (κ3) is 6.90. The second-order valence-corrected chi connectivity index (χ2v) is 7.67. The summed E-state index contributed by atoms with van der Waals surface area (Å²) in [5.74, 6) is 0. The predicted octanol–water partition coefficient (Wildman–Crippen LogP) is -0.554. The van der Waals surface area contributed by atoms with Crippen LogP contribution >= 0.6 is 0 Å². The van der Waals surface area contributed by atoms with Gasteiger partial charge in [0.25, 0.3) is 0 Å². The molecule has 0 saturated carbocycles. The molecule has 0 bridgehead atoms. The molecule has 0 heterocycles. The summed E-state index contributed by atoms with van der Waals surface area (Å²) >= 11 is -4.95. The Bertz CT molecular complexity index is 332. The van der Waals surface area contributed by atoms with E-state index in [0.717, 1.165) is 13.1 Å². The number of hydrogen-bond acceptors (Lipinski definition) is 3. The molecule has 16 heavy (non-hydrogen) atoms. The zero-order valence-corrected chi connectivity index (χ0v) is 12.1. The SMILES string of the molecule is CCNCC.Nc1cc[c]([Sb](=[O])([OH])[OH])cc1. The quantitative estimate of drug-likeness (QED) is 0.438. The van der Waals surface area contributed by atoms with Gasteiger partial charge in [-0.25, -0.2) is 0 Å². The zero-order chi connectivity index (χ0) is 12.6. The van der Waals surface area contributed by atoms with Crippen LogP contribution in [0.5, 0.6) is 0 Å². The molecule has 6 heteroatoms. The number of hydrogen-bond donors (Lipinski definition) is 4. The molecule has 0 aliphatic carbocycles. The molecule has 0 aliphatic rings. The van der Waals surface area contributed by atoms with E-state index >= 15 is 0 Å². The Morgan fingerprint density at radius 1 is 1.19 bits per heavy atom. The molecule has 5 N–H and O–H groups in total. The van der Waals surface area contributed by atoms with Gasteiger partial charge in [0.1, 0.15) is 0 Å². The third-order valence-corrected chi connectivity index (χ3v) is 4.50. The summed E-state index contributed by atoms with van der Waals surface area (Å²) in [7, 11) is 0. The van der Waals surface area contributed by atoms with Crippen molar-refractivity contribution in [1.29, 1.82) is 0 Å². The van der Waals surface area contributed by atoms with E-state index in [1.807, 2.05) is 0 Å². The maximum atomic E-state index is 10.7. The van der Waals surface area contributed by atoms with Gasteiger partial charge in [-0.2, -0.15) is 0 Å². The van der Waals surface area contributed by atoms with E-state index in [1.54, 1.807) is 0 Å². The van der Waals surface area contributed by atoms with Crippen LogP contribution in [0.4, 0.5) is 5.69 Å². The van der Waals surface area contributed by atoms with Crippen molar-refractivity contribution in [3.63, 3.8) is 0 Å². The summed E-state index contributed by atoms with van der Waals surface area (Å²) < 4.78 is 28.2. The van der Waals surface area contributed by atoms with Crippen LogP contribution in [0.15, 0.2) is 24.3 Å². The van der Waals surface area contributed by atoms with Gasteiger partial charge in [0.15, 0.2) is 0 Å². The molecular weight excluding hydrogens is 318 g/mol. The monoisotopic (exact) mass is 336 g/mol. The van der Waals surface area contributed by atoms with Crippen molar-refractivity contribution in [3.05, 3.63) is 24.3 Å². The molecule has 0 spiro atoms. The van der Waals surface area contributed by atoms with Gasteiger partial charge in [0.05, 0.1) is 0 Å². The number of benzene rings is 1. The van der Waals surface area contributed by atoms with Crippen molar-refractivity contribution < 1.29 is 9.79 Å². The van der Waals surface area contributed by atoms with Crippen LogP contribution in [-0.2, 0) is 3.02 Å². The first-order valence-corrected chi connectivity index (χ1v) is 9.64. The minimum atomic E-state index is -4.95. The van der Waals surface area contributed by atoms with E-state index in [1.165, 1.54) is 24.3 Å². The second kappa shape index (κ2) is 7.74. The van der Waals surface area contributed by atoms with Crippen molar-refractivity contribution >= 4 is 28.8 Å². The van der Waals surface area contributed by atoms with Crippen molar-refractivity contribution in [1.82, 2.24) is 5.32 Å². The van der Waals surface area contributed by atoms with E-state index in [2.05, 4.69) is 19.2 Å². The van der Waals surface area contributed by atoms with Gasteiger partial charge < -0.3 is 5.32 Å². The summed E-state index contributed by atoms with van der Waals surface area (Å²) in [4.78, 5) is 0. The standard InChI is InChI=1S/C6H6N.C4H11N.2H2O.O.Sb/c7-6-4-2-1-3-5-6;1-3-5-4-2;;;;/h2-5H,7H2;5H,3-4H2,1-2H3;2*1H2;;/q;;;;;+2/p-2. The topological polar surface area (TPSA) is 95.6 Å². The molecule has 0 aliphatic heterocycles. The van der Waals surface area contributed by atoms with Crippen molar-refractivity contribution in [2.75, 3.05) is 18.8 Å². The number of nitrogens with two attached hydrogens (primary N) is 1. The van der Waals surface area contributed by atoms with Crippen molar-refractivity contribution in [2.45, 2.75) is 13.8 Å². The van der Waals surface area contributed by atoms with Crippen LogP contribution in [-0.4, -0.2) is 39.5 Å². The fraction of sp³-hybridized carbons (Fsp3) is 0.400. The van der Waals surface area contributed by atoms with Gasteiger partial charge in [-0.3, -0.25) is 0 Å². The molecule has 92 valence electrons. The summed E-state index contributed by atoms with van der Waals surface area (Å²) in [6.07, 6.45) is 0. The number of anilines is 1. The Balaban J connectivity index is 0.000000385. The summed E-state index contributed by atoms with van der Waals surface area (Å²) in [5, 5.41) is 3.11. The van der Waals surface area contributed by atoms with Gasteiger partial charge in [-0.15, -0.1) is 0 Å². The molecule has 0 saturated heterocycles. The zero-order valence-electron chi connectivity index (χ0n) is 9.55. The summed E-state index contributed by atoms with van der Waals surface area (Å²) in [6, 6.07) is 5.66. The molecule has 0 amide bonds. The van der Waals surface area contributed by atoms with Gasteiger partial charge >= 0.3 is 68.6 Å². The van der Waals surface area contributed by atoms with Crippen LogP contribution < -0.4 is 14.6 Å². The Morgan fingerprint density at radius 3 is 1.88 bits per heavy atom. The third-order valence-electron chi connectivity index (χ3n) is 1.73. The van der Waals surface area contributed by atoms with E-state index in [4.69, 9.17) is 12.5 Å². The Labute approximate surface area is 101 Å². The van der Waals surface area contributed by atoms with Gasteiger partial charge in [0, 0.05) is 0 Å². The van der Waals surface area contributed by atoms with E-state index in [9.17, 15) is 3.02 Å². The van der Waals surface area contributed by atoms with Crippen molar-refractivity contribution in [3.8, 4) is 0 Å². The fourth-order valence-electron chi connectivity index (χ4n) is 0.919. The molecule has 0 radical (unpaired) electrons. The Kier molecular flexibility index (Phi) is 7.50. The Morgan fingerprint density at radius 2 is 1.62 bits per heavy atom. The van der Waals surface area contributed by atoms with Crippen LogP contribution in [0.2, 0.25) is 0 Å². The van der Waals surface area contributed by atoms with Crippen LogP contribution in [0.25, 0.3) is 0 Å². The predicted molar refractivity (Wildman–Crippen MR) is 65.6 cm³/mol.